The van der Waals surface area contributed by atoms with Crippen LogP contribution in [0.1, 0.15) is 38.5 Å². The summed E-state index contributed by atoms with van der Waals surface area (Å²) in [6.07, 6.45) is 15.2. The maximum absolute atomic E-state index is 14.7. The molecule has 0 unspecified atom stereocenters. The van der Waals surface area contributed by atoms with Gasteiger partial charge in [0.1, 0.15) is 11.6 Å². The maximum atomic E-state index is 14.7. The van der Waals surface area contributed by atoms with Crippen LogP contribution in [0.15, 0.2) is 47.5 Å². The van der Waals surface area contributed by atoms with Gasteiger partial charge in [0.25, 0.3) is 0 Å². The van der Waals surface area contributed by atoms with Gasteiger partial charge in [-0.25, -0.2) is 4.39 Å². The van der Waals surface area contributed by atoms with Crippen LogP contribution in [0.3, 0.4) is 0 Å². The summed E-state index contributed by atoms with van der Waals surface area (Å²) in [6, 6.07) is 0. The zero-order chi connectivity index (χ0) is 19.1. The Morgan fingerprint density at radius 1 is 1.15 bits per heavy atom. The highest BCUT2D eigenvalue weighted by atomic mass is 19.1. The van der Waals surface area contributed by atoms with Crippen LogP contribution in [0.4, 0.5) is 4.39 Å². The quantitative estimate of drug-likeness (QED) is 0.730. The lowest BCUT2D eigenvalue weighted by Gasteiger charge is -2.34. The van der Waals surface area contributed by atoms with Crippen molar-refractivity contribution in [2.24, 2.45) is 5.92 Å². The third-order valence-corrected chi connectivity index (χ3v) is 5.70. The largest absolute Gasteiger partial charge is 0.497 e. The van der Waals surface area contributed by atoms with E-state index in [4.69, 9.17) is 4.74 Å². The first-order chi connectivity index (χ1) is 13.2. The molecule has 1 aliphatic carbocycles. The third kappa shape index (κ3) is 5.80. The van der Waals surface area contributed by atoms with E-state index < -0.39 is 0 Å². The van der Waals surface area contributed by atoms with Crippen molar-refractivity contribution in [3.8, 4) is 0 Å². The van der Waals surface area contributed by atoms with Gasteiger partial charge in [-0.1, -0.05) is 18.6 Å². The van der Waals surface area contributed by atoms with Gasteiger partial charge in [-0.2, -0.15) is 0 Å². The van der Waals surface area contributed by atoms with Crippen LogP contribution in [0.5, 0.6) is 0 Å². The van der Waals surface area contributed by atoms with Gasteiger partial charge in [0.05, 0.1) is 13.7 Å². The molecule has 0 aromatic heterocycles. The molecule has 0 aromatic carbocycles. The van der Waals surface area contributed by atoms with E-state index in [9.17, 15) is 9.18 Å². The van der Waals surface area contributed by atoms with Gasteiger partial charge in [-0.3, -0.25) is 9.69 Å². The topological polar surface area (TPSA) is 32.8 Å². The highest BCUT2D eigenvalue weighted by molar-refractivity contribution is 5.78. The number of hydrogen-bond donors (Lipinski definition) is 0. The average molecular weight is 375 g/mol. The molecule has 27 heavy (non-hydrogen) atoms. The summed E-state index contributed by atoms with van der Waals surface area (Å²) in [5, 5.41) is 0. The number of allylic oxidation sites excluding steroid dienone is 7. The van der Waals surface area contributed by atoms with Crippen LogP contribution >= 0.6 is 0 Å². The van der Waals surface area contributed by atoms with Gasteiger partial charge >= 0.3 is 0 Å². The van der Waals surface area contributed by atoms with Crippen molar-refractivity contribution in [1.29, 1.82) is 0 Å². The first kappa shape index (κ1) is 19.9. The molecule has 3 aliphatic rings. The summed E-state index contributed by atoms with van der Waals surface area (Å²) in [4.78, 5) is 16.7. The lowest BCUT2D eigenvalue weighted by atomic mass is 9.94. The number of hydrogen-bond acceptors (Lipinski definition) is 3. The Kier molecular flexibility index (Phi) is 7.27. The molecule has 0 saturated carbocycles. The number of carbonyl (C=O) groups is 1. The molecule has 0 aromatic rings. The first-order valence-electron chi connectivity index (χ1n) is 10.2. The molecular weight excluding hydrogens is 343 g/mol. The summed E-state index contributed by atoms with van der Waals surface area (Å²) in [6.45, 7) is 3.89. The Morgan fingerprint density at radius 3 is 2.59 bits per heavy atom. The number of piperidine rings is 2. The van der Waals surface area contributed by atoms with Crippen molar-refractivity contribution >= 4 is 5.91 Å². The Hall–Kier alpha value is -1.88. The fourth-order valence-electron chi connectivity index (χ4n) is 3.97. The molecule has 1 amide bonds. The highest BCUT2D eigenvalue weighted by Crippen LogP contribution is 2.27. The Balaban J connectivity index is 1.48. The molecule has 0 bridgehead atoms. The van der Waals surface area contributed by atoms with Crippen LogP contribution in [0, 0.1) is 5.92 Å². The standard InChI is InChI=1S/C22H31FN2O2/c1-27-20-7-5-6-18(8-9-20)16-21(23)19-10-14-25(15-11-19)22(26)17-24-12-3-2-4-13-24/h6-9,16,19H,2-5,10-15,17H2,1H3/b21-16-. The van der Waals surface area contributed by atoms with E-state index in [0.29, 0.717) is 32.5 Å². The van der Waals surface area contributed by atoms with Gasteiger partial charge in [0.2, 0.25) is 5.91 Å². The Morgan fingerprint density at radius 2 is 1.89 bits per heavy atom. The highest BCUT2D eigenvalue weighted by Gasteiger charge is 2.26. The fourth-order valence-corrected chi connectivity index (χ4v) is 3.97. The van der Waals surface area contributed by atoms with Crippen molar-refractivity contribution in [1.82, 2.24) is 9.80 Å². The molecule has 2 heterocycles. The normalized spacial score (nSPS) is 22.9. The van der Waals surface area contributed by atoms with E-state index in [-0.39, 0.29) is 17.7 Å². The summed E-state index contributed by atoms with van der Waals surface area (Å²) >= 11 is 0. The van der Waals surface area contributed by atoms with Crippen molar-refractivity contribution in [3.05, 3.63) is 47.5 Å². The molecule has 2 fully saturated rings. The second-order valence-corrected chi connectivity index (χ2v) is 7.60. The SMILES string of the molecule is COC1=CCC=C(/C=C(\F)C2CCN(C(=O)CN3CCCCC3)CC2)C=C1. The number of likely N-dealkylation sites (tertiary alicyclic amines) is 2. The van der Waals surface area contributed by atoms with E-state index in [0.717, 1.165) is 30.8 Å². The number of methoxy groups -OCH3 is 1. The second kappa shape index (κ2) is 9.88. The first-order valence-corrected chi connectivity index (χ1v) is 10.2. The number of carbonyl (C=O) groups excluding carboxylic acids is 1. The Labute approximate surface area is 162 Å². The molecular formula is C22H31FN2O2. The number of halogens is 1. The summed E-state index contributed by atoms with van der Waals surface area (Å²) < 4.78 is 19.9. The van der Waals surface area contributed by atoms with Crippen LogP contribution in [-0.2, 0) is 9.53 Å². The van der Waals surface area contributed by atoms with E-state index >= 15 is 0 Å². The molecule has 4 nitrogen and oxygen atoms in total. The molecule has 3 rings (SSSR count). The molecule has 0 N–H and O–H groups in total. The molecule has 148 valence electrons. The van der Waals surface area contributed by atoms with Gasteiger partial charge in [0, 0.05) is 19.0 Å². The molecule has 0 radical (unpaired) electrons. The Bertz CT molecular complexity index is 637. The molecule has 0 spiro atoms. The zero-order valence-electron chi connectivity index (χ0n) is 16.3. The average Bonchev–Trinajstić information content (AvgIpc) is 2.94. The van der Waals surface area contributed by atoms with Gasteiger partial charge in [-0.15, -0.1) is 0 Å². The van der Waals surface area contributed by atoms with E-state index in [1.165, 1.54) is 19.3 Å². The molecule has 2 saturated heterocycles. The van der Waals surface area contributed by atoms with Crippen LogP contribution < -0.4 is 0 Å². The van der Waals surface area contributed by atoms with Crippen molar-refractivity contribution in [3.63, 3.8) is 0 Å². The number of rotatable bonds is 5. The lowest BCUT2D eigenvalue weighted by molar-refractivity contribution is -0.134. The van der Waals surface area contributed by atoms with Gasteiger partial charge < -0.3 is 9.64 Å². The van der Waals surface area contributed by atoms with Gasteiger partial charge in [-0.05, 0) is 69.0 Å². The lowest BCUT2D eigenvalue weighted by Crippen LogP contribution is -2.45. The monoisotopic (exact) mass is 374 g/mol. The van der Waals surface area contributed by atoms with Crippen molar-refractivity contribution < 1.29 is 13.9 Å². The summed E-state index contributed by atoms with van der Waals surface area (Å²) in [7, 11) is 1.64. The fraction of sp³-hybridized carbons (Fsp3) is 0.591. The predicted octanol–water partition coefficient (Wildman–Crippen LogP) is 3.98. The van der Waals surface area contributed by atoms with E-state index in [1.807, 2.05) is 29.2 Å². The maximum Gasteiger partial charge on any atom is 0.236 e. The summed E-state index contributed by atoms with van der Waals surface area (Å²) in [5.41, 5.74) is 0.874. The zero-order valence-corrected chi connectivity index (χ0v) is 16.3. The van der Waals surface area contributed by atoms with E-state index in [2.05, 4.69) is 4.90 Å². The van der Waals surface area contributed by atoms with Crippen molar-refractivity contribution in [2.45, 2.75) is 38.5 Å². The van der Waals surface area contributed by atoms with E-state index in [1.54, 1.807) is 13.2 Å². The second-order valence-electron chi connectivity index (χ2n) is 7.60. The minimum atomic E-state index is -0.0866. The van der Waals surface area contributed by atoms with Crippen LogP contribution in [0.25, 0.3) is 0 Å². The smallest absolute Gasteiger partial charge is 0.236 e. The minimum absolute atomic E-state index is 0.0742. The number of nitrogens with zero attached hydrogens (tertiary/aromatic N) is 2. The van der Waals surface area contributed by atoms with Gasteiger partial charge in [0.15, 0.2) is 0 Å². The number of amides is 1. The molecule has 5 heteroatoms. The molecule has 0 atom stereocenters. The summed E-state index contributed by atoms with van der Waals surface area (Å²) in [5.74, 6) is 0.842. The molecule has 2 aliphatic heterocycles. The minimum Gasteiger partial charge on any atom is -0.497 e. The predicted molar refractivity (Wildman–Crippen MR) is 106 cm³/mol. The van der Waals surface area contributed by atoms with Crippen molar-refractivity contribution in [2.75, 3.05) is 39.8 Å². The van der Waals surface area contributed by atoms with Crippen LogP contribution in [0.2, 0.25) is 0 Å². The third-order valence-electron chi connectivity index (χ3n) is 5.70. The number of ether oxygens (including phenoxy) is 1. The van der Waals surface area contributed by atoms with Crippen LogP contribution in [-0.4, -0.2) is 55.5 Å².